The summed E-state index contributed by atoms with van der Waals surface area (Å²) in [5, 5.41) is 0. The maximum Gasteiger partial charge on any atom is 0.0180 e. The number of likely N-dealkylation sites (tertiary alicyclic amines) is 1. The monoisotopic (exact) mass is 204 g/mol. The number of benzene rings is 1. The zero-order chi connectivity index (χ0) is 10.7. The molecular weight excluding hydrogens is 184 g/mol. The molecule has 2 nitrogen and oxygen atoms in total. The first-order valence-corrected chi connectivity index (χ1v) is 5.78. The van der Waals surface area contributed by atoms with Gasteiger partial charge in [0.2, 0.25) is 0 Å². The van der Waals surface area contributed by atoms with Gasteiger partial charge in [0.05, 0.1) is 0 Å². The van der Waals surface area contributed by atoms with Crippen molar-refractivity contribution in [3.8, 4) is 0 Å². The molecule has 0 aliphatic carbocycles. The summed E-state index contributed by atoms with van der Waals surface area (Å²) in [5.74, 6) is 0.608. The largest absolute Gasteiger partial charge is 0.326 e. The van der Waals surface area contributed by atoms with Crippen molar-refractivity contribution in [2.24, 2.45) is 5.73 Å². The standard InChI is InChI=1S/C13H20N2/c1-11(12-5-3-2-4-6-12)9-15-8-7-13(14)10-15/h2-6,11,13H,7-10,14H2,1H3/t11?,13-/m0/s1. The lowest BCUT2D eigenvalue weighted by atomic mass is 10.0. The molecule has 1 fully saturated rings. The van der Waals surface area contributed by atoms with Crippen LogP contribution in [-0.2, 0) is 0 Å². The zero-order valence-corrected chi connectivity index (χ0v) is 9.39. The van der Waals surface area contributed by atoms with Crippen LogP contribution in [0.3, 0.4) is 0 Å². The van der Waals surface area contributed by atoms with Gasteiger partial charge in [0.1, 0.15) is 0 Å². The second-order valence-corrected chi connectivity index (χ2v) is 4.62. The van der Waals surface area contributed by atoms with Crippen molar-refractivity contribution in [2.75, 3.05) is 19.6 Å². The summed E-state index contributed by atoms with van der Waals surface area (Å²) < 4.78 is 0. The van der Waals surface area contributed by atoms with Crippen molar-refractivity contribution in [2.45, 2.75) is 25.3 Å². The summed E-state index contributed by atoms with van der Waals surface area (Å²) in [6.07, 6.45) is 1.15. The molecule has 0 saturated carbocycles. The van der Waals surface area contributed by atoms with Crippen LogP contribution in [0.5, 0.6) is 0 Å². The summed E-state index contributed by atoms with van der Waals surface area (Å²) in [4.78, 5) is 2.47. The third-order valence-electron chi connectivity index (χ3n) is 3.21. The predicted molar refractivity (Wildman–Crippen MR) is 63.9 cm³/mol. The molecule has 1 aromatic carbocycles. The van der Waals surface area contributed by atoms with E-state index in [4.69, 9.17) is 5.73 Å². The number of hydrogen-bond acceptors (Lipinski definition) is 2. The Bertz CT molecular complexity index is 297. The van der Waals surface area contributed by atoms with E-state index in [0.717, 1.165) is 19.5 Å². The molecule has 0 amide bonds. The van der Waals surface area contributed by atoms with Gasteiger partial charge in [0, 0.05) is 19.1 Å². The number of rotatable bonds is 3. The van der Waals surface area contributed by atoms with Crippen LogP contribution in [0.25, 0.3) is 0 Å². The van der Waals surface area contributed by atoms with E-state index in [1.807, 2.05) is 0 Å². The third kappa shape index (κ3) is 2.80. The molecule has 1 unspecified atom stereocenters. The van der Waals surface area contributed by atoms with Crippen molar-refractivity contribution in [3.05, 3.63) is 35.9 Å². The van der Waals surface area contributed by atoms with E-state index < -0.39 is 0 Å². The van der Waals surface area contributed by atoms with Gasteiger partial charge >= 0.3 is 0 Å². The van der Waals surface area contributed by atoms with E-state index in [-0.39, 0.29) is 0 Å². The van der Waals surface area contributed by atoms with Crippen LogP contribution in [0.4, 0.5) is 0 Å². The highest BCUT2D eigenvalue weighted by atomic mass is 15.2. The number of hydrogen-bond donors (Lipinski definition) is 1. The Morgan fingerprint density at radius 1 is 1.40 bits per heavy atom. The topological polar surface area (TPSA) is 29.3 Å². The summed E-state index contributed by atoms with van der Waals surface area (Å²) in [5.41, 5.74) is 7.33. The first kappa shape index (κ1) is 10.7. The molecule has 2 N–H and O–H groups in total. The number of nitrogens with zero attached hydrogens (tertiary/aromatic N) is 1. The molecule has 1 aliphatic rings. The Hall–Kier alpha value is -0.860. The highest BCUT2D eigenvalue weighted by molar-refractivity contribution is 5.19. The lowest BCUT2D eigenvalue weighted by Crippen LogP contribution is -2.29. The molecule has 0 bridgehead atoms. The molecular formula is C13H20N2. The van der Waals surface area contributed by atoms with E-state index in [2.05, 4.69) is 42.2 Å². The van der Waals surface area contributed by atoms with Gasteiger partial charge in [-0.15, -0.1) is 0 Å². The fraction of sp³-hybridized carbons (Fsp3) is 0.538. The van der Waals surface area contributed by atoms with Crippen LogP contribution in [0.1, 0.15) is 24.8 Å². The Morgan fingerprint density at radius 3 is 2.73 bits per heavy atom. The van der Waals surface area contributed by atoms with Crippen molar-refractivity contribution in [1.29, 1.82) is 0 Å². The second-order valence-electron chi connectivity index (χ2n) is 4.62. The van der Waals surface area contributed by atoms with Crippen LogP contribution in [0.15, 0.2) is 30.3 Å². The predicted octanol–water partition coefficient (Wildman–Crippen LogP) is 1.82. The van der Waals surface area contributed by atoms with Crippen molar-refractivity contribution in [1.82, 2.24) is 4.90 Å². The smallest absolute Gasteiger partial charge is 0.0180 e. The van der Waals surface area contributed by atoms with Crippen LogP contribution in [-0.4, -0.2) is 30.6 Å². The lowest BCUT2D eigenvalue weighted by Gasteiger charge is -2.20. The van der Waals surface area contributed by atoms with Gasteiger partial charge in [-0.05, 0) is 24.4 Å². The van der Waals surface area contributed by atoms with E-state index in [1.165, 1.54) is 12.1 Å². The summed E-state index contributed by atoms with van der Waals surface area (Å²) in [6.45, 7) is 5.66. The quantitative estimate of drug-likeness (QED) is 0.814. The molecule has 2 atom stereocenters. The fourth-order valence-corrected chi connectivity index (χ4v) is 2.30. The maximum absolute atomic E-state index is 5.90. The molecule has 0 spiro atoms. The first-order valence-electron chi connectivity index (χ1n) is 5.78. The Labute approximate surface area is 92.1 Å². The summed E-state index contributed by atoms with van der Waals surface area (Å²) >= 11 is 0. The van der Waals surface area contributed by atoms with Crippen LogP contribution in [0, 0.1) is 0 Å². The maximum atomic E-state index is 5.90. The van der Waals surface area contributed by atoms with Gasteiger partial charge in [0.25, 0.3) is 0 Å². The molecule has 0 radical (unpaired) electrons. The summed E-state index contributed by atoms with van der Waals surface area (Å²) in [6, 6.07) is 11.1. The highest BCUT2D eigenvalue weighted by Crippen LogP contribution is 2.18. The minimum absolute atomic E-state index is 0.396. The fourth-order valence-electron chi connectivity index (χ4n) is 2.30. The van der Waals surface area contributed by atoms with Gasteiger partial charge in [-0.25, -0.2) is 0 Å². The molecule has 1 saturated heterocycles. The molecule has 2 heteroatoms. The van der Waals surface area contributed by atoms with Gasteiger partial charge in [-0.1, -0.05) is 37.3 Å². The van der Waals surface area contributed by atoms with Gasteiger partial charge in [0.15, 0.2) is 0 Å². The highest BCUT2D eigenvalue weighted by Gasteiger charge is 2.20. The molecule has 1 aromatic rings. The zero-order valence-electron chi connectivity index (χ0n) is 9.39. The Kier molecular flexibility index (Phi) is 3.39. The van der Waals surface area contributed by atoms with E-state index in [0.29, 0.717) is 12.0 Å². The average Bonchev–Trinajstić information content (AvgIpc) is 2.65. The van der Waals surface area contributed by atoms with E-state index in [9.17, 15) is 0 Å². The Morgan fingerprint density at radius 2 is 2.13 bits per heavy atom. The summed E-state index contributed by atoms with van der Waals surface area (Å²) in [7, 11) is 0. The van der Waals surface area contributed by atoms with E-state index in [1.54, 1.807) is 0 Å². The minimum Gasteiger partial charge on any atom is -0.326 e. The van der Waals surface area contributed by atoms with E-state index >= 15 is 0 Å². The van der Waals surface area contributed by atoms with Crippen molar-refractivity contribution in [3.63, 3.8) is 0 Å². The van der Waals surface area contributed by atoms with Crippen LogP contribution in [0.2, 0.25) is 0 Å². The number of nitrogens with two attached hydrogens (primary N) is 1. The van der Waals surface area contributed by atoms with Gasteiger partial charge < -0.3 is 10.6 Å². The third-order valence-corrected chi connectivity index (χ3v) is 3.21. The van der Waals surface area contributed by atoms with Crippen molar-refractivity contribution >= 4 is 0 Å². The Balaban J connectivity index is 1.90. The first-order chi connectivity index (χ1) is 7.25. The minimum atomic E-state index is 0.396. The van der Waals surface area contributed by atoms with Gasteiger partial charge in [-0.3, -0.25) is 0 Å². The SMILES string of the molecule is CC(CN1CC[C@H](N)C1)c1ccccc1. The molecule has 15 heavy (non-hydrogen) atoms. The average molecular weight is 204 g/mol. The molecule has 1 aliphatic heterocycles. The van der Waals surface area contributed by atoms with Crippen LogP contribution >= 0.6 is 0 Å². The molecule has 2 rings (SSSR count). The molecule has 82 valence electrons. The van der Waals surface area contributed by atoms with Crippen LogP contribution < -0.4 is 5.73 Å². The second kappa shape index (κ2) is 4.77. The lowest BCUT2D eigenvalue weighted by molar-refractivity contribution is 0.317. The van der Waals surface area contributed by atoms with Crippen molar-refractivity contribution < 1.29 is 0 Å². The van der Waals surface area contributed by atoms with Gasteiger partial charge in [-0.2, -0.15) is 0 Å². The normalized spacial score (nSPS) is 24.3. The molecule has 0 aromatic heterocycles. The molecule has 1 heterocycles.